The summed E-state index contributed by atoms with van der Waals surface area (Å²) >= 11 is -5.25. The Morgan fingerprint density at radius 3 is 1.18 bits per heavy atom. The molecule has 304 valence electrons. The van der Waals surface area contributed by atoms with Crippen LogP contribution in [-0.2, 0) is 16.6 Å². The van der Waals surface area contributed by atoms with Crippen molar-refractivity contribution in [2.45, 2.75) is 141 Å². The normalized spacial score (nSPS) is 16.1. The van der Waals surface area contributed by atoms with Gasteiger partial charge in [-0.1, -0.05) is 0 Å². The molecule has 0 spiro atoms. The zero-order chi connectivity index (χ0) is 40.7. The molecule has 55 heavy (non-hydrogen) atoms. The molecule has 2 nitrogen and oxygen atoms in total. The summed E-state index contributed by atoms with van der Waals surface area (Å²) in [6.45, 7) is 23.5. The van der Waals surface area contributed by atoms with Gasteiger partial charge in [-0.05, 0) is 0 Å². The van der Waals surface area contributed by atoms with Crippen LogP contribution in [0.1, 0.15) is 133 Å². The van der Waals surface area contributed by atoms with Crippen molar-refractivity contribution in [1.82, 2.24) is 0 Å². The fraction of sp³-hybridized carbons (Fsp3) is 0.583. The van der Waals surface area contributed by atoms with Crippen LogP contribution in [-0.4, -0.2) is 26.2 Å². The van der Waals surface area contributed by atoms with Crippen LogP contribution >= 0.6 is 0 Å². The summed E-state index contributed by atoms with van der Waals surface area (Å²) < 4.78 is 68.9. The molecule has 0 bridgehead atoms. The van der Waals surface area contributed by atoms with Gasteiger partial charge in [-0.3, -0.25) is 0 Å². The van der Waals surface area contributed by atoms with Gasteiger partial charge in [0.25, 0.3) is 0 Å². The summed E-state index contributed by atoms with van der Waals surface area (Å²) in [7, 11) is 0. The van der Waals surface area contributed by atoms with Gasteiger partial charge >= 0.3 is 337 Å². The monoisotopic (exact) mass is 798 g/mol. The molecule has 2 aliphatic rings. The molecule has 0 saturated heterocycles. The van der Waals surface area contributed by atoms with Gasteiger partial charge in [-0.2, -0.15) is 0 Å². The predicted molar refractivity (Wildman–Crippen MR) is 226 cm³/mol. The molecule has 7 heteroatoms. The van der Waals surface area contributed by atoms with Crippen molar-refractivity contribution in [3.8, 4) is 0 Å². The van der Waals surface area contributed by atoms with E-state index in [0.717, 1.165) is 64.2 Å². The number of unbranched alkanes of at least 4 members (excludes halogenated alkanes) is 6. The third-order valence-corrected chi connectivity index (χ3v) is 22.8. The van der Waals surface area contributed by atoms with E-state index in [9.17, 15) is 0 Å². The van der Waals surface area contributed by atoms with Gasteiger partial charge in [0.1, 0.15) is 0 Å². The van der Waals surface area contributed by atoms with Crippen LogP contribution in [0.5, 0.6) is 0 Å². The van der Waals surface area contributed by atoms with E-state index >= 15 is 17.6 Å². The summed E-state index contributed by atoms with van der Waals surface area (Å²) in [5, 5.41) is 0. The second-order valence-corrected chi connectivity index (χ2v) is 25.5. The SMILES string of the molecule is CCCCCCN(CC(C)(C)CC)c1ccc(F)[c]([Ti]([c]2c(F)ccc(N(CCCCCC)CC(C)(C)CC)c2F)([C]2(C)C=CC=C2)[C]2(C)C=CC=C2)c1F. The zero-order valence-corrected chi connectivity index (χ0v) is 37.3. The summed E-state index contributed by atoms with van der Waals surface area (Å²) in [5.41, 5.74) is 0.339. The number of nitrogens with zero attached hydrogens (tertiary/aromatic N) is 2. The Hall–Kier alpha value is -2.57. The van der Waals surface area contributed by atoms with Crippen molar-refractivity contribution in [1.29, 1.82) is 0 Å². The molecule has 2 aromatic carbocycles. The first-order valence-corrected chi connectivity index (χ1v) is 24.3. The Kier molecular flexibility index (Phi) is 15.4. The number of allylic oxidation sites excluding steroid dienone is 8. The molecule has 0 aliphatic heterocycles. The summed E-state index contributed by atoms with van der Waals surface area (Å²) in [6.07, 6.45) is 25.1. The Morgan fingerprint density at radius 2 is 0.873 bits per heavy atom. The van der Waals surface area contributed by atoms with Gasteiger partial charge in [0.15, 0.2) is 0 Å². The van der Waals surface area contributed by atoms with Crippen LogP contribution in [0.3, 0.4) is 0 Å². The molecule has 2 aromatic rings. The van der Waals surface area contributed by atoms with Crippen LogP contribution in [0, 0.1) is 34.1 Å². The molecule has 0 fully saturated rings. The second kappa shape index (κ2) is 18.8. The van der Waals surface area contributed by atoms with E-state index in [-0.39, 0.29) is 18.6 Å². The van der Waals surface area contributed by atoms with Crippen LogP contribution in [0.25, 0.3) is 0 Å². The molecular weight excluding hydrogens is 728 g/mol. The van der Waals surface area contributed by atoms with Crippen LogP contribution in [0.2, 0.25) is 7.44 Å². The Morgan fingerprint density at radius 1 is 0.527 bits per heavy atom. The second-order valence-electron chi connectivity index (χ2n) is 18.3. The molecule has 0 saturated carbocycles. The van der Waals surface area contributed by atoms with Gasteiger partial charge in [0.2, 0.25) is 0 Å². The van der Waals surface area contributed by atoms with Gasteiger partial charge in [0, 0.05) is 0 Å². The van der Waals surface area contributed by atoms with Crippen LogP contribution in [0.4, 0.5) is 28.9 Å². The third kappa shape index (κ3) is 9.43. The molecule has 0 N–H and O–H groups in total. The maximum absolute atomic E-state index is 18.3. The van der Waals surface area contributed by atoms with Crippen LogP contribution < -0.4 is 17.5 Å². The molecule has 0 heterocycles. The number of anilines is 2. The number of hydrogen-bond donors (Lipinski definition) is 0. The Labute approximate surface area is 335 Å². The Balaban J connectivity index is 2.14. The van der Waals surface area contributed by atoms with E-state index in [4.69, 9.17) is 0 Å². The van der Waals surface area contributed by atoms with Gasteiger partial charge in [-0.25, -0.2) is 0 Å². The Bertz CT molecular complexity index is 1570. The number of halogens is 4. The maximum atomic E-state index is 18.3. The molecule has 4 rings (SSSR count). The first-order valence-electron chi connectivity index (χ1n) is 21.2. The summed E-state index contributed by atoms with van der Waals surface area (Å²) in [6, 6.07) is 5.86. The quantitative estimate of drug-likeness (QED) is 0.0665. The van der Waals surface area contributed by atoms with E-state index in [2.05, 4.69) is 65.2 Å². The summed E-state index contributed by atoms with van der Waals surface area (Å²) in [5.74, 6) is -2.83. The number of rotatable bonds is 22. The molecule has 2 aliphatic carbocycles. The topological polar surface area (TPSA) is 6.48 Å². The minimum absolute atomic E-state index is 0.124. The van der Waals surface area contributed by atoms with Gasteiger partial charge < -0.3 is 0 Å². The molecule has 0 amide bonds. The molecule has 0 aromatic heterocycles. The number of benzene rings is 2. The molecule has 0 atom stereocenters. The average Bonchev–Trinajstić information content (AvgIpc) is 3.79. The fourth-order valence-electron chi connectivity index (χ4n) is 8.96. The van der Waals surface area contributed by atoms with Crippen molar-refractivity contribution in [2.75, 3.05) is 36.0 Å². The van der Waals surface area contributed by atoms with E-state index < -0.39 is 47.3 Å². The molecule has 0 unspecified atom stereocenters. The average molecular weight is 799 g/mol. The van der Waals surface area contributed by atoms with E-state index in [0.29, 0.717) is 37.6 Å². The van der Waals surface area contributed by atoms with Crippen molar-refractivity contribution in [2.24, 2.45) is 10.8 Å². The van der Waals surface area contributed by atoms with Gasteiger partial charge in [0.05, 0.1) is 0 Å². The van der Waals surface area contributed by atoms with E-state index in [1.54, 1.807) is 12.1 Å². The number of hydrogen-bond acceptors (Lipinski definition) is 2. The summed E-state index contributed by atoms with van der Waals surface area (Å²) in [4.78, 5) is 4.15. The van der Waals surface area contributed by atoms with E-state index in [1.165, 1.54) is 12.1 Å². The standard InChI is InChI=1S/2C18H28F2N.2C6H7.Ti/c2*1-5-7-8-9-12-21(14-18(3,4)6-2)17-11-10-15(19)13-16(17)20;2*1-6-4-2-3-5-6;/h2*10-11H,5-9,12,14H2,1-4H3;2*2-5H,1H3;. The first-order chi connectivity index (χ1) is 26.0. The third-order valence-electron chi connectivity index (χ3n) is 12.9. The van der Waals surface area contributed by atoms with Gasteiger partial charge in [-0.15, -0.1) is 0 Å². The molecular formula is C48H70F4N2Ti. The minimum atomic E-state index is -5.25. The van der Waals surface area contributed by atoms with Crippen LogP contribution in [0.15, 0.2) is 72.9 Å². The zero-order valence-electron chi connectivity index (χ0n) is 35.7. The van der Waals surface area contributed by atoms with Crippen molar-refractivity contribution < 1.29 is 34.2 Å². The predicted octanol–water partition coefficient (Wildman–Crippen LogP) is 13.6. The van der Waals surface area contributed by atoms with Crippen molar-refractivity contribution in [3.05, 3.63) is 96.1 Å². The van der Waals surface area contributed by atoms with E-state index in [1.807, 2.05) is 62.5 Å². The molecule has 0 radical (unpaired) electrons. The first kappa shape index (κ1) is 45.1. The van der Waals surface area contributed by atoms with Crippen molar-refractivity contribution >= 4 is 19.1 Å². The fourth-order valence-corrected chi connectivity index (χ4v) is 19.5. The van der Waals surface area contributed by atoms with Crippen molar-refractivity contribution in [3.63, 3.8) is 0 Å².